The molecule has 1 aromatic heterocycles. The number of benzene rings is 1. The number of carboxylic acids is 1. The monoisotopic (exact) mass is 521 g/mol. The third kappa shape index (κ3) is 7.07. The Morgan fingerprint density at radius 2 is 2.07 bits per heavy atom. The first-order valence-corrected chi connectivity index (χ1v) is 10.1. The van der Waals surface area contributed by atoms with Crippen LogP contribution < -0.4 is 5.32 Å². The summed E-state index contributed by atoms with van der Waals surface area (Å²) in [6.07, 6.45) is 5.75. The van der Waals surface area contributed by atoms with E-state index < -0.39 is 5.97 Å². The van der Waals surface area contributed by atoms with Crippen molar-refractivity contribution in [2.45, 2.75) is 43.4 Å². The van der Waals surface area contributed by atoms with Crippen LogP contribution in [0.1, 0.15) is 37.9 Å². The van der Waals surface area contributed by atoms with Gasteiger partial charge in [-0.15, -0.1) is 45.7 Å². The van der Waals surface area contributed by atoms with Crippen LogP contribution in [0.15, 0.2) is 23.1 Å². The van der Waals surface area contributed by atoms with Crippen LogP contribution in [0.25, 0.3) is 11.0 Å². The van der Waals surface area contributed by atoms with Crippen LogP contribution in [-0.2, 0) is 18.3 Å². The third-order valence-electron chi connectivity index (χ3n) is 4.98. The summed E-state index contributed by atoms with van der Waals surface area (Å²) in [6.45, 7) is 2.30. The van der Waals surface area contributed by atoms with Crippen molar-refractivity contribution < 1.29 is 9.90 Å². The van der Waals surface area contributed by atoms with Gasteiger partial charge >= 0.3 is 5.97 Å². The zero-order valence-corrected chi connectivity index (χ0v) is 19.9. The summed E-state index contributed by atoms with van der Waals surface area (Å²) in [4.78, 5) is 16.6. The average Bonchev–Trinajstić information content (AvgIpc) is 2.93. The number of thioether (sulfide) groups is 1. The Morgan fingerprint density at radius 1 is 1.33 bits per heavy atom. The van der Waals surface area contributed by atoms with Gasteiger partial charge in [0, 0.05) is 24.8 Å². The fraction of sp³-hybridized carbons (Fsp3) is 0.579. The van der Waals surface area contributed by atoms with Crippen LogP contribution in [0.2, 0.25) is 0 Å². The van der Waals surface area contributed by atoms with E-state index in [1.165, 1.54) is 35.5 Å². The lowest BCUT2D eigenvalue weighted by molar-refractivity contribution is -0.137. The highest BCUT2D eigenvalue weighted by Gasteiger charge is 2.15. The molecule has 8 heteroatoms. The van der Waals surface area contributed by atoms with Gasteiger partial charge in [0.05, 0.1) is 11.0 Å². The van der Waals surface area contributed by atoms with E-state index in [1.807, 2.05) is 0 Å². The highest BCUT2D eigenvalue weighted by molar-refractivity contribution is 8.93. The van der Waals surface area contributed by atoms with E-state index in [0.29, 0.717) is 6.42 Å². The number of aryl methyl sites for hydroxylation is 2. The molecule has 0 bridgehead atoms. The van der Waals surface area contributed by atoms with Crippen LogP contribution in [0.4, 0.5) is 0 Å². The number of nitrogens with one attached hydrogen (secondary N) is 1. The summed E-state index contributed by atoms with van der Waals surface area (Å²) in [5, 5.41) is 12.1. The Balaban J connectivity index is 0.00000182. The maximum Gasteiger partial charge on any atom is 0.303 e. The summed E-state index contributed by atoms with van der Waals surface area (Å²) in [5.41, 5.74) is 2.22. The number of piperidine rings is 1. The zero-order chi connectivity index (χ0) is 17.6. The van der Waals surface area contributed by atoms with E-state index in [0.717, 1.165) is 36.7 Å². The van der Waals surface area contributed by atoms with Crippen molar-refractivity contribution in [2.24, 2.45) is 13.0 Å². The fourth-order valence-corrected chi connectivity index (χ4v) is 4.33. The first-order valence-electron chi connectivity index (χ1n) is 9.14. The van der Waals surface area contributed by atoms with Gasteiger partial charge in [-0.2, -0.15) is 0 Å². The van der Waals surface area contributed by atoms with Crippen molar-refractivity contribution in [2.75, 3.05) is 18.8 Å². The molecule has 0 atom stereocenters. The van der Waals surface area contributed by atoms with Crippen LogP contribution in [0.5, 0.6) is 0 Å². The van der Waals surface area contributed by atoms with Gasteiger partial charge in [-0.05, 0) is 68.6 Å². The molecule has 0 unspecified atom stereocenters. The van der Waals surface area contributed by atoms with E-state index in [-0.39, 0.29) is 40.4 Å². The Bertz CT molecular complexity index is 733. The van der Waals surface area contributed by atoms with Crippen molar-refractivity contribution in [3.8, 4) is 0 Å². The number of hydrogen-bond acceptors (Lipinski definition) is 4. The number of fused-ring (bicyclic) bond motifs is 1. The third-order valence-corrected chi connectivity index (χ3v) is 6.06. The van der Waals surface area contributed by atoms with Crippen LogP contribution in [0, 0.1) is 5.92 Å². The minimum absolute atomic E-state index is 0. The predicted octanol–water partition coefficient (Wildman–Crippen LogP) is 4.62. The second-order valence-electron chi connectivity index (χ2n) is 6.82. The van der Waals surface area contributed by atoms with Crippen LogP contribution in [0.3, 0.4) is 0 Å². The molecule has 2 heterocycles. The molecule has 1 aliphatic rings. The summed E-state index contributed by atoms with van der Waals surface area (Å²) >= 11 is 1.72. The summed E-state index contributed by atoms with van der Waals surface area (Å²) < 4.78 is 2.22. The second-order valence-corrected chi connectivity index (χ2v) is 7.98. The van der Waals surface area contributed by atoms with Gasteiger partial charge in [0.1, 0.15) is 5.82 Å². The molecule has 1 aliphatic heterocycles. The molecule has 0 spiro atoms. The number of nitrogens with zero attached hydrogens (tertiary/aromatic N) is 2. The quantitative estimate of drug-likeness (QED) is 0.391. The Labute approximate surface area is 186 Å². The average molecular weight is 523 g/mol. The lowest BCUT2D eigenvalue weighted by atomic mass is 9.93. The minimum atomic E-state index is -0.721. The van der Waals surface area contributed by atoms with Crippen LogP contribution >= 0.6 is 45.7 Å². The Hall–Kier alpha value is -0.570. The zero-order valence-electron chi connectivity index (χ0n) is 15.6. The largest absolute Gasteiger partial charge is 0.481 e. The highest BCUT2D eigenvalue weighted by atomic mass is 79.9. The maximum atomic E-state index is 10.6. The number of carboxylic acid groups (broad SMARTS) is 1. The molecule has 0 saturated carbocycles. The summed E-state index contributed by atoms with van der Waals surface area (Å²) in [5.74, 6) is 2.10. The standard InChI is InChI=1S/C19H27N3O2S.2BrH/c1-22-17-13-15(25-12-2-3-19(23)24)5-6-16(17)21-18(22)7-4-14-8-10-20-11-9-14;;/h5-6,13-14,20H,2-4,7-12H2,1H3,(H,23,24);2*1H. The van der Waals surface area contributed by atoms with Crippen LogP contribution in [-0.4, -0.2) is 39.5 Å². The predicted molar refractivity (Wildman–Crippen MR) is 123 cm³/mol. The highest BCUT2D eigenvalue weighted by Crippen LogP contribution is 2.26. The minimum Gasteiger partial charge on any atom is -0.481 e. The number of aliphatic carboxylic acids is 1. The van der Waals surface area contributed by atoms with E-state index in [9.17, 15) is 4.79 Å². The summed E-state index contributed by atoms with van der Waals surface area (Å²) in [7, 11) is 2.10. The van der Waals surface area contributed by atoms with E-state index in [4.69, 9.17) is 10.1 Å². The lowest BCUT2D eigenvalue weighted by Crippen LogP contribution is -2.28. The molecule has 3 rings (SSSR count). The van der Waals surface area contributed by atoms with Crippen molar-refractivity contribution in [1.29, 1.82) is 0 Å². The topological polar surface area (TPSA) is 67.2 Å². The molecule has 0 amide bonds. The molecule has 0 radical (unpaired) electrons. The molecule has 2 N–H and O–H groups in total. The van der Waals surface area contributed by atoms with Gasteiger partial charge in [-0.25, -0.2) is 4.98 Å². The van der Waals surface area contributed by atoms with Gasteiger partial charge < -0.3 is 15.0 Å². The van der Waals surface area contributed by atoms with Gasteiger partial charge in [0.2, 0.25) is 0 Å². The van der Waals surface area contributed by atoms with Crippen molar-refractivity contribution >= 4 is 62.7 Å². The Kier molecular flexibility index (Phi) is 11.0. The maximum absolute atomic E-state index is 10.6. The normalized spacial score (nSPS) is 14.6. The SMILES string of the molecule is Br.Br.Cn1c(CCC2CCNCC2)nc2ccc(SCCCC(=O)O)cc21. The molecular weight excluding hydrogens is 494 g/mol. The fourth-order valence-electron chi connectivity index (χ4n) is 3.45. The molecule has 1 aromatic carbocycles. The smallest absolute Gasteiger partial charge is 0.303 e. The van der Waals surface area contributed by atoms with E-state index >= 15 is 0 Å². The molecule has 1 fully saturated rings. The van der Waals surface area contributed by atoms with Gasteiger partial charge in [-0.3, -0.25) is 4.79 Å². The lowest BCUT2D eigenvalue weighted by Gasteiger charge is -2.22. The molecule has 1 saturated heterocycles. The van der Waals surface area contributed by atoms with Gasteiger partial charge in [0.25, 0.3) is 0 Å². The second kappa shape index (κ2) is 12.1. The number of hydrogen-bond donors (Lipinski definition) is 2. The van der Waals surface area contributed by atoms with E-state index in [2.05, 4.69) is 35.1 Å². The van der Waals surface area contributed by atoms with Gasteiger partial charge in [-0.1, -0.05) is 0 Å². The Morgan fingerprint density at radius 3 is 2.78 bits per heavy atom. The molecule has 0 aliphatic carbocycles. The number of carbonyl (C=O) groups is 1. The van der Waals surface area contributed by atoms with Crippen molar-refractivity contribution in [1.82, 2.24) is 14.9 Å². The number of rotatable bonds is 8. The molecule has 152 valence electrons. The van der Waals surface area contributed by atoms with Crippen molar-refractivity contribution in [3.05, 3.63) is 24.0 Å². The number of halogens is 2. The molecular formula is C19H29Br2N3O2S. The first-order chi connectivity index (χ1) is 12.1. The summed E-state index contributed by atoms with van der Waals surface area (Å²) in [6, 6.07) is 6.36. The molecule has 5 nitrogen and oxygen atoms in total. The molecule has 27 heavy (non-hydrogen) atoms. The van der Waals surface area contributed by atoms with E-state index in [1.54, 1.807) is 11.8 Å². The number of imidazole rings is 1. The molecule has 2 aromatic rings. The van der Waals surface area contributed by atoms with Gasteiger partial charge in [0.15, 0.2) is 0 Å². The number of aromatic nitrogens is 2. The first kappa shape index (κ1) is 24.5. The van der Waals surface area contributed by atoms with Crippen molar-refractivity contribution in [3.63, 3.8) is 0 Å².